The van der Waals surface area contributed by atoms with Gasteiger partial charge in [0.15, 0.2) is 0 Å². The van der Waals surface area contributed by atoms with E-state index in [2.05, 4.69) is 38.1 Å². The predicted octanol–water partition coefficient (Wildman–Crippen LogP) is 3.71. The van der Waals surface area contributed by atoms with E-state index in [1.165, 1.54) is 32.4 Å². The van der Waals surface area contributed by atoms with Crippen molar-refractivity contribution in [2.24, 2.45) is 0 Å². The van der Waals surface area contributed by atoms with Gasteiger partial charge in [0.1, 0.15) is 6.61 Å². The molecule has 5 heteroatoms. The fourth-order valence-corrected chi connectivity index (χ4v) is 3.17. The molecule has 1 fully saturated rings. The molecule has 118 valence electrons. The zero-order valence-corrected chi connectivity index (χ0v) is 14.3. The number of nitrogens with zero attached hydrogens (tertiary/aromatic N) is 3. The first-order valence-electron chi connectivity index (χ1n) is 7.93. The summed E-state index contributed by atoms with van der Waals surface area (Å²) in [4.78, 5) is 2.52. The van der Waals surface area contributed by atoms with Crippen molar-refractivity contribution in [3.63, 3.8) is 0 Å². The Morgan fingerprint density at radius 2 is 1.82 bits per heavy atom. The maximum Gasteiger partial charge on any atom is 0.247 e. The van der Waals surface area contributed by atoms with E-state index < -0.39 is 0 Å². The molecule has 1 saturated heterocycles. The van der Waals surface area contributed by atoms with Crippen molar-refractivity contribution in [2.75, 3.05) is 19.6 Å². The van der Waals surface area contributed by atoms with Crippen LogP contribution >= 0.6 is 15.9 Å². The van der Waals surface area contributed by atoms with Gasteiger partial charge < -0.3 is 9.64 Å². The molecular formula is C17H22BrN3O. The van der Waals surface area contributed by atoms with E-state index in [1.807, 2.05) is 29.1 Å². The first kappa shape index (κ1) is 15.6. The van der Waals surface area contributed by atoms with Crippen LogP contribution in [-0.2, 0) is 13.2 Å². The second-order valence-electron chi connectivity index (χ2n) is 5.72. The first-order valence-corrected chi connectivity index (χ1v) is 8.72. The van der Waals surface area contributed by atoms with Crippen LogP contribution in [0.4, 0.5) is 0 Å². The van der Waals surface area contributed by atoms with Crippen LogP contribution in [0, 0.1) is 0 Å². The molecule has 0 saturated carbocycles. The Bertz CT molecular complexity index is 579. The first-order chi connectivity index (χ1) is 10.8. The van der Waals surface area contributed by atoms with Crippen LogP contribution < -0.4 is 4.74 Å². The van der Waals surface area contributed by atoms with Gasteiger partial charge in [-0.3, -0.25) is 4.68 Å². The van der Waals surface area contributed by atoms with Crippen molar-refractivity contribution in [1.82, 2.24) is 14.7 Å². The van der Waals surface area contributed by atoms with Crippen molar-refractivity contribution in [3.8, 4) is 5.88 Å². The van der Waals surface area contributed by atoms with E-state index in [0.29, 0.717) is 12.5 Å². The Labute approximate surface area is 140 Å². The monoisotopic (exact) mass is 363 g/mol. The molecule has 0 N–H and O–H groups in total. The SMILES string of the molecule is Brc1cn(CCN2CCCCC2)nc1OCc1ccccc1. The third kappa shape index (κ3) is 4.34. The number of hydrogen-bond donors (Lipinski definition) is 0. The number of halogens is 1. The zero-order chi connectivity index (χ0) is 15.2. The standard InChI is InChI=1S/C17H22BrN3O/c18-16-13-21(12-11-20-9-5-2-6-10-20)19-17(16)22-14-15-7-3-1-4-8-15/h1,3-4,7-8,13H,2,5-6,9-12,14H2. The molecule has 3 rings (SSSR count). The lowest BCUT2D eigenvalue weighted by Gasteiger charge is -2.26. The summed E-state index contributed by atoms with van der Waals surface area (Å²) in [5.74, 6) is 0.669. The van der Waals surface area contributed by atoms with E-state index in [9.17, 15) is 0 Å². The van der Waals surface area contributed by atoms with Gasteiger partial charge in [-0.2, -0.15) is 0 Å². The highest BCUT2D eigenvalue weighted by molar-refractivity contribution is 9.10. The quantitative estimate of drug-likeness (QED) is 0.783. The Hall–Kier alpha value is -1.33. The van der Waals surface area contributed by atoms with E-state index in [-0.39, 0.29) is 0 Å². The van der Waals surface area contributed by atoms with E-state index in [1.54, 1.807) is 0 Å². The number of hydrogen-bond acceptors (Lipinski definition) is 3. The van der Waals surface area contributed by atoms with Gasteiger partial charge in [-0.15, -0.1) is 5.10 Å². The lowest BCUT2D eigenvalue weighted by atomic mass is 10.1. The highest BCUT2D eigenvalue weighted by atomic mass is 79.9. The normalized spacial score (nSPS) is 15.9. The van der Waals surface area contributed by atoms with Crippen molar-refractivity contribution < 1.29 is 4.74 Å². The summed E-state index contributed by atoms with van der Waals surface area (Å²) in [6, 6.07) is 10.2. The van der Waals surface area contributed by atoms with Gasteiger partial charge >= 0.3 is 0 Å². The van der Waals surface area contributed by atoms with Crippen LogP contribution in [-0.4, -0.2) is 34.3 Å². The largest absolute Gasteiger partial charge is 0.471 e. The molecule has 1 aromatic heterocycles. The van der Waals surface area contributed by atoms with Crippen molar-refractivity contribution in [2.45, 2.75) is 32.4 Å². The maximum absolute atomic E-state index is 5.80. The number of likely N-dealkylation sites (tertiary alicyclic amines) is 1. The van der Waals surface area contributed by atoms with Gasteiger partial charge in [0.2, 0.25) is 5.88 Å². The number of rotatable bonds is 6. The average Bonchev–Trinajstić information content (AvgIpc) is 2.93. The van der Waals surface area contributed by atoms with Gasteiger partial charge in [-0.05, 0) is 47.4 Å². The molecule has 0 atom stereocenters. The summed E-state index contributed by atoms with van der Waals surface area (Å²) in [6.07, 6.45) is 6.04. The minimum absolute atomic E-state index is 0.544. The molecule has 0 spiro atoms. The molecule has 0 unspecified atom stereocenters. The zero-order valence-electron chi connectivity index (χ0n) is 12.7. The summed E-state index contributed by atoms with van der Waals surface area (Å²) in [7, 11) is 0. The lowest BCUT2D eigenvalue weighted by Crippen LogP contribution is -2.32. The molecule has 1 aliphatic heterocycles. The molecule has 2 heterocycles. The molecule has 2 aromatic rings. The number of piperidine rings is 1. The predicted molar refractivity (Wildman–Crippen MR) is 91.0 cm³/mol. The Morgan fingerprint density at radius 1 is 1.05 bits per heavy atom. The van der Waals surface area contributed by atoms with Gasteiger partial charge in [0, 0.05) is 12.7 Å². The Balaban J connectivity index is 1.51. The average molecular weight is 364 g/mol. The summed E-state index contributed by atoms with van der Waals surface area (Å²) in [5, 5.41) is 4.53. The van der Waals surface area contributed by atoms with E-state index in [4.69, 9.17) is 4.74 Å². The van der Waals surface area contributed by atoms with Gasteiger partial charge in [0.25, 0.3) is 0 Å². The van der Waals surface area contributed by atoms with Gasteiger partial charge in [0.05, 0.1) is 11.0 Å². The summed E-state index contributed by atoms with van der Waals surface area (Å²) in [5.41, 5.74) is 1.15. The fraction of sp³-hybridized carbons (Fsp3) is 0.471. The van der Waals surface area contributed by atoms with Crippen LogP contribution in [0.5, 0.6) is 5.88 Å². The lowest BCUT2D eigenvalue weighted by molar-refractivity contribution is 0.216. The second-order valence-corrected chi connectivity index (χ2v) is 6.58. The topological polar surface area (TPSA) is 30.3 Å². The molecule has 22 heavy (non-hydrogen) atoms. The van der Waals surface area contributed by atoms with Crippen molar-refractivity contribution in [1.29, 1.82) is 0 Å². The van der Waals surface area contributed by atoms with Crippen molar-refractivity contribution in [3.05, 3.63) is 46.6 Å². The number of benzene rings is 1. The van der Waals surface area contributed by atoms with Crippen molar-refractivity contribution >= 4 is 15.9 Å². The molecule has 0 aliphatic carbocycles. The van der Waals surface area contributed by atoms with Crippen LogP contribution in [0.3, 0.4) is 0 Å². The van der Waals surface area contributed by atoms with Crippen LogP contribution in [0.15, 0.2) is 41.0 Å². The molecule has 0 bridgehead atoms. The summed E-state index contributed by atoms with van der Waals surface area (Å²) < 4.78 is 8.69. The Kier molecular flexibility index (Phi) is 5.51. The summed E-state index contributed by atoms with van der Waals surface area (Å²) >= 11 is 3.53. The molecule has 1 aliphatic rings. The van der Waals surface area contributed by atoms with Crippen LogP contribution in [0.2, 0.25) is 0 Å². The second kappa shape index (κ2) is 7.79. The third-order valence-electron chi connectivity index (χ3n) is 4.00. The minimum atomic E-state index is 0.544. The number of aromatic nitrogens is 2. The molecule has 0 amide bonds. The Morgan fingerprint density at radius 3 is 2.59 bits per heavy atom. The molecule has 4 nitrogen and oxygen atoms in total. The highest BCUT2D eigenvalue weighted by Crippen LogP contribution is 2.23. The molecule has 0 radical (unpaired) electrons. The smallest absolute Gasteiger partial charge is 0.247 e. The minimum Gasteiger partial charge on any atom is -0.471 e. The molecule has 1 aromatic carbocycles. The number of ether oxygens (including phenoxy) is 1. The van der Waals surface area contributed by atoms with Gasteiger partial charge in [-0.1, -0.05) is 36.8 Å². The van der Waals surface area contributed by atoms with Crippen LogP contribution in [0.1, 0.15) is 24.8 Å². The third-order valence-corrected chi connectivity index (χ3v) is 4.54. The van der Waals surface area contributed by atoms with E-state index in [0.717, 1.165) is 23.1 Å². The maximum atomic E-state index is 5.80. The van der Waals surface area contributed by atoms with Crippen LogP contribution in [0.25, 0.3) is 0 Å². The molecular weight excluding hydrogens is 342 g/mol. The van der Waals surface area contributed by atoms with E-state index >= 15 is 0 Å². The summed E-state index contributed by atoms with van der Waals surface area (Å²) in [6.45, 7) is 4.96. The fourth-order valence-electron chi connectivity index (χ4n) is 2.74. The van der Waals surface area contributed by atoms with Gasteiger partial charge in [-0.25, -0.2) is 0 Å². The highest BCUT2D eigenvalue weighted by Gasteiger charge is 2.12.